The first-order valence-electron chi connectivity index (χ1n) is 10.9. The van der Waals surface area contributed by atoms with Gasteiger partial charge in [0.25, 0.3) is 10.0 Å². The Morgan fingerprint density at radius 1 is 1.00 bits per heavy atom. The molecule has 2 heterocycles. The Labute approximate surface area is 213 Å². The van der Waals surface area contributed by atoms with Crippen LogP contribution in [0.5, 0.6) is 0 Å². The molecule has 2 aromatic carbocycles. The van der Waals surface area contributed by atoms with Crippen LogP contribution < -0.4 is 4.72 Å². The van der Waals surface area contributed by atoms with Gasteiger partial charge in [0.2, 0.25) is 5.28 Å². The molecule has 4 aromatic rings. The maximum atomic E-state index is 15.8. The van der Waals surface area contributed by atoms with Crippen molar-refractivity contribution in [3.8, 4) is 21.8 Å². The summed E-state index contributed by atoms with van der Waals surface area (Å²) < 4.78 is 71.5. The molecule has 0 aliphatic heterocycles. The average Bonchev–Trinajstić information content (AvgIpc) is 3.17. The van der Waals surface area contributed by atoms with E-state index in [9.17, 15) is 17.2 Å². The molecular formula is C24H16ClF3N4O2S2. The predicted molar refractivity (Wildman–Crippen MR) is 130 cm³/mol. The van der Waals surface area contributed by atoms with E-state index >= 15 is 4.39 Å². The van der Waals surface area contributed by atoms with Gasteiger partial charge in [0.05, 0.1) is 22.0 Å². The van der Waals surface area contributed by atoms with Gasteiger partial charge in [-0.25, -0.2) is 36.5 Å². The Morgan fingerprint density at radius 2 is 1.69 bits per heavy atom. The molecule has 3 aliphatic rings. The zero-order valence-corrected chi connectivity index (χ0v) is 20.7. The number of aromatic nitrogens is 3. The monoisotopic (exact) mass is 548 g/mol. The normalized spacial score (nSPS) is 20.5. The maximum Gasteiger partial charge on any atom is 0.267 e. The van der Waals surface area contributed by atoms with Gasteiger partial charge in [-0.2, -0.15) is 0 Å². The second kappa shape index (κ2) is 8.25. The molecule has 6 nitrogen and oxygen atoms in total. The molecule has 2 aromatic heterocycles. The van der Waals surface area contributed by atoms with E-state index in [-0.39, 0.29) is 22.0 Å². The summed E-state index contributed by atoms with van der Waals surface area (Å²) in [5, 5.41) is 0.886. The first kappa shape index (κ1) is 23.4. The van der Waals surface area contributed by atoms with Crippen molar-refractivity contribution in [3.63, 3.8) is 0 Å². The standard InChI is InChI=1S/C24H16ClF3N4O2S2/c25-23-29-8-7-17(30-23)20-19(31-22(35-20)24-9-12(10-24)11-24)13-3-1-6-16(18(13)28)32-36(33,34)21-14(26)4-2-5-15(21)27/h1-8,12,32H,9-11H2. The minimum Gasteiger partial charge on any atom is -0.276 e. The van der Waals surface area contributed by atoms with Gasteiger partial charge in [-0.05, 0) is 67.1 Å². The van der Waals surface area contributed by atoms with Crippen molar-refractivity contribution < 1.29 is 21.6 Å². The lowest BCUT2D eigenvalue weighted by Gasteiger charge is -2.60. The fraction of sp³-hybridized carbons (Fsp3) is 0.208. The van der Waals surface area contributed by atoms with Gasteiger partial charge >= 0.3 is 0 Å². The smallest absolute Gasteiger partial charge is 0.267 e. The van der Waals surface area contributed by atoms with Gasteiger partial charge in [0.15, 0.2) is 10.7 Å². The van der Waals surface area contributed by atoms with E-state index in [0.29, 0.717) is 16.5 Å². The van der Waals surface area contributed by atoms with Crippen LogP contribution in [0.25, 0.3) is 21.8 Å². The number of halogens is 4. The van der Waals surface area contributed by atoms with Crippen LogP contribution in [0.4, 0.5) is 18.9 Å². The topological polar surface area (TPSA) is 84.8 Å². The van der Waals surface area contributed by atoms with Crippen molar-refractivity contribution in [2.45, 2.75) is 29.6 Å². The molecule has 7 rings (SSSR count). The molecule has 0 unspecified atom stereocenters. The molecule has 0 radical (unpaired) electrons. The summed E-state index contributed by atoms with van der Waals surface area (Å²) in [7, 11) is -4.77. The first-order chi connectivity index (χ1) is 17.2. The summed E-state index contributed by atoms with van der Waals surface area (Å²) in [6.07, 6.45) is 4.57. The second-order valence-corrected chi connectivity index (χ2v) is 11.9. The molecule has 0 saturated heterocycles. The van der Waals surface area contributed by atoms with Crippen molar-refractivity contribution in [1.29, 1.82) is 0 Å². The highest BCUT2D eigenvalue weighted by Crippen LogP contribution is 2.66. The lowest BCUT2D eigenvalue weighted by atomic mass is 9.45. The van der Waals surface area contributed by atoms with Gasteiger partial charge in [0, 0.05) is 17.2 Å². The number of thiazole rings is 1. The van der Waals surface area contributed by atoms with E-state index < -0.39 is 38.1 Å². The summed E-state index contributed by atoms with van der Waals surface area (Å²) in [6.45, 7) is 0. The van der Waals surface area contributed by atoms with Crippen LogP contribution in [0.3, 0.4) is 0 Å². The van der Waals surface area contributed by atoms with Crippen LogP contribution >= 0.6 is 22.9 Å². The third kappa shape index (κ3) is 3.68. The van der Waals surface area contributed by atoms with E-state index in [4.69, 9.17) is 16.6 Å². The lowest BCUT2D eigenvalue weighted by Crippen LogP contribution is -2.55. The predicted octanol–water partition coefficient (Wildman–Crippen LogP) is 6.19. The Kier molecular flexibility index (Phi) is 5.36. The van der Waals surface area contributed by atoms with Crippen LogP contribution in [0.15, 0.2) is 53.6 Å². The molecule has 0 atom stereocenters. The summed E-state index contributed by atoms with van der Waals surface area (Å²) in [5.74, 6) is -2.81. The van der Waals surface area contributed by atoms with E-state index in [1.165, 1.54) is 35.7 Å². The van der Waals surface area contributed by atoms with Crippen molar-refractivity contribution >= 4 is 38.6 Å². The molecule has 12 heteroatoms. The van der Waals surface area contributed by atoms with Crippen molar-refractivity contribution in [2.24, 2.45) is 5.92 Å². The fourth-order valence-corrected chi connectivity index (χ4v) is 7.45. The molecule has 0 amide bonds. The molecule has 2 bridgehead atoms. The summed E-state index contributed by atoms with van der Waals surface area (Å²) in [6, 6.07) is 8.37. The highest BCUT2D eigenvalue weighted by molar-refractivity contribution is 7.92. The van der Waals surface area contributed by atoms with Gasteiger partial charge in [0.1, 0.15) is 16.6 Å². The number of hydrogen-bond donors (Lipinski definition) is 1. The zero-order chi connectivity index (χ0) is 25.2. The number of nitrogens with zero attached hydrogens (tertiary/aromatic N) is 3. The largest absolute Gasteiger partial charge is 0.276 e. The Hall–Kier alpha value is -3.02. The highest BCUT2D eigenvalue weighted by Gasteiger charge is 2.59. The summed E-state index contributed by atoms with van der Waals surface area (Å²) in [5.41, 5.74) is 0.270. The van der Waals surface area contributed by atoms with Crippen LogP contribution in [0.1, 0.15) is 24.3 Å². The van der Waals surface area contributed by atoms with Crippen LogP contribution in [-0.4, -0.2) is 23.4 Å². The van der Waals surface area contributed by atoms with Gasteiger partial charge < -0.3 is 0 Å². The Balaban J connectivity index is 1.45. The van der Waals surface area contributed by atoms with Crippen LogP contribution in [0, 0.1) is 23.4 Å². The number of hydrogen-bond acceptors (Lipinski definition) is 6. The van der Waals surface area contributed by atoms with Gasteiger partial charge in [-0.15, -0.1) is 11.3 Å². The van der Waals surface area contributed by atoms with E-state index in [0.717, 1.165) is 42.5 Å². The molecule has 0 spiro atoms. The number of rotatable bonds is 6. The van der Waals surface area contributed by atoms with Crippen molar-refractivity contribution in [3.05, 3.63) is 76.4 Å². The molecule has 1 N–H and O–H groups in total. The second-order valence-electron chi connectivity index (χ2n) is 8.99. The molecule has 3 saturated carbocycles. The van der Waals surface area contributed by atoms with E-state index in [1.54, 1.807) is 6.07 Å². The third-order valence-electron chi connectivity index (χ3n) is 6.66. The number of nitrogens with one attached hydrogen (secondary N) is 1. The summed E-state index contributed by atoms with van der Waals surface area (Å²) in [4.78, 5) is 12.3. The Bertz CT molecular complexity index is 1610. The molecule has 3 fully saturated rings. The third-order valence-corrected chi connectivity index (χ3v) is 9.59. The molecule has 3 aliphatic carbocycles. The SMILES string of the molecule is O=S(=O)(Nc1cccc(-c2nc(C34CC(C3)C4)sc2-c2ccnc(Cl)n2)c1F)c1c(F)cccc1F. The van der Waals surface area contributed by atoms with Gasteiger partial charge in [-0.3, -0.25) is 4.72 Å². The zero-order valence-electron chi connectivity index (χ0n) is 18.3. The Morgan fingerprint density at radius 3 is 2.33 bits per heavy atom. The number of anilines is 1. The fourth-order valence-electron chi connectivity index (χ4n) is 4.83. The van der Waals surface area contributed by atoms with E-state index in [1.807, 2.05) is 4.72 Å². The average molecular weight is 549 g/mol. The minimum absolute atomic E-state index is 0.0167. The number of sulfonamides is 1. The maximum absolute atomic E-state index is 15.8. The molecular weight excluding hydrogens is 533 g/mol. The van der Waals surface area contributed by atoms with Gasteiger partial charge in [-0.1, -0.05) is 12.1 Å². The van der Waals surface area contributed by atoms with Crippen molar-refractivity contribution in [2.75, 3.05) is 4.72 Å². The summed E-state index contributed by atoms with van der Waals surface area (Å²) >= 11 is 7.40. The number of benzene rings is 2. The quantitative estimate of drug-likeness (QED) is 0.290. The minimum atomic E-state index is -4.77. The molecule has 184 valence electrons. The van der Waals surface area contributed by atoms with E-state index in [2.05, 4.69) is 9.97 Å². The van der Waals surface area contributed by atoms with Crippen LogP contribution in [0.2, 0.25) is 5.28 Å². The lowest BCUT2D eigenvalue weighted by molar-refractivity contribution is -0.0274. The van der Waals surface area contributed by atoms with Crippen LogP contribution in [-0.2, 0) is 15.4 Å². The highest BCUT2D eigenvalue weighted by atomic mass is 35.5. The molecule has 36 heavy (non-hydrogen) atoms. The first-order valence-corrected chi connectivity index (χ1v) is 13.6. The van der Waals surface area contributed by atoms with Crippen molar-refractivity contribution in [1.82, 2.24) is 15.0 Å².